The molecule has 0 aliphatic carbocycles. The van der Waals surface area contributed by atoms with Crippen molar-refractivity contribution in [3.05, 3.63) is 0 Å². The number of unbranched alkanes of at least 4 members (excludes halogenated alkanes) is 2. The zero-order chi connectivity index (χ0) is 22.9. The molecule has 0 saturated carbocycles. The van der Waals surface area contributed by atoms with E-state index in [1.807, 2.05) is 13.8 Å². The number of ketones is 2. The molecule has 0 spiro atoms. The third-order valence-corrected chi connectivity index (χ3v) is 4.04. The first-order chi connectivity index (χ1) is 13.7. The van der Waals surface area contributed by atoms with E-state index in [1.165, 1.54) is 0 Å². The van der Waals surface area contributed by atoms with Crippen molar-refractivity contribution in [1.29, 1.82) is 0 Å². The van der Waals surface area contributed by atoms with Crippen molar-refractivity contribution in [3.8, 4) is 0 Å². The Hall–Kier alpha value is -1.09. The van der Waals surface area contributed by atoms with E-state index in [0.29, 0.717) is 12.8 Å². The molecule has 0 bridgehead atoms. The van der Waals surface area contributed by atoms with E-state index >= 15 is 0 Å². The molecule has 0 aromatic rings. The second-order valence-electron chi connectivity index (χ2n) is 6.16. The number of aliphatic carboxylic acids is 2. The zero-order valence-corrected chi connectivity index (χ0v) is 19.8. The summed E-state index contributed by atoms with van der Waals surface area (Å²) in [7, 11) is 0. The van der Waals surface area contributed by atoms with Gasteiger partial charge in [-0.15, -0.1) is 0 Å². The van der Waals surface area contributed by atoms with Gasteiger partial charge in [-0.1, -0.05) is 26.7 Å². The summed E-state index contributed by atoms with van der Waals surface area (Å²) in [5.41, 5.74) is 0. The molecular formula is C20H36O8Ti. The molecule has 0 unspecified atom stereocenters. The van der Waals surface area contributed by atoms with Crippen LogP contribution in [0.4, 0.5) is 0 Å². The van der Waals surface area contributed by atoms with Crippen LogP contribution in [-0.2, 0) is 45.7 Å². The van der Waals surface area contributed by atoms with Gasteiger partial charge in [0.1, 0.15) is 11.6 Å². The van der Waals surface area contributed by atoms with E-state index < -0.39 is 44.7 Å². The Bertz CT molecular complexity index is 389. The van der Waals surface area contributed by atoms with E-state index in [9.17, 15) is 29.4 Å². The summed E-state index contributed by atoms with van der Waals surface area (Å²) in [4.78, 5) is 40.9. The van der Waals surface area contributed by atoms with Crippen LogP contribution in [0.15, 0.2) is 0 Å². The molecule has 29 heavy (non-hydrogen) atoms. The molecule has 168 valence electrons. The Morgan fingerprint density at radius 3 is 1.24 bits per heavy atom. The van der Waals surface area contributed by atoms with Gasteiger partial charge in [0.2, 0.25) is 0 Å². The van der Waals surface area contributed by atoms with Crippen molar-refractivity contribution >= 4 is 23.5 Å². The van der Waals surface area contributed by atoms with Gasteiger partial charge in [-0.2, -0.15) is 0 Å². The average Bonchev–Trinajstić information content (AvgIpc) is 2.64. The first-order valence-electron chi connectivity index (χ1n) is 10.2. The predicted molar refractivity (Wildman–Crippen MR) is 101 cm³/mol. The Morgan fingerprint density at radius 2 is 1.00 bits per heavy atom. The fourth-order valence-corrected chi connectivity index (χ4v) is 2.60. The number of hydrogen-bond donors (Lipinski definition) is 0. The molecule has 0 N–H and O–H groups in total. The monoisotopic (exact) mass is 452 g/mol. The second kappa shape index (κ2) is 26.9. The number of rotatable bonds is 16. The van der Waals surface area contributed by atoms with Crippen molar-refractivity contribution < 1.29 is 56.0 Å². The quantitative estimate of drug-likeness (QED) is 0.196. The van der Waals surface area contributed by atoms with Crippen LogP contribution in [0.2, 0.25) is 0 Å². The maximum atomic E-state index is 10.6. The van der Waals surface area contributed by atoms with Gasteiger partial charge in [0, 0.05) is 37.6 Å². The van der Waals surface area contributed by atoms with Crippen LogP contribution in [0.1, 0.15) is 91.9 Å². The first kappa shape index (κ1) is 32.6. The van der Waals surface area contributed by atoms with Crippen LogP contribution < -0.4 is 10.2 Å². The third kappa shape index (κ3) is 38.2. The molecular weight excluding hydrogens is 416 g/mol. The second-order valence-corrected chi connectivity index (χ2v) is 7.32. The fraction of sp³-hybridized carbons (Fsp3) is 0.800. The molecule has 0 amide bonds. The molecule has 0 aliphatic heterocycles. The number of carboxylic acids is 2. The summed E-state index contributed by atoms with van der Waals surface area (Å²) in [5, 5.41) is 19.7. The van der Waals surface area contributed by atoms with Crippen LogP contribution >= 0.6 is 0 Å². The first-order valence-corrected chi connectivity index (χ1v) is 11.4. The normalized spacial score (nSPS) is 9.24. The number of hydrogen-bond acceptors (Lipinski definition) is 8. The van der Waals surface area contributed by atoms with Crippen LogP contribution in [0.3, 0.4) is 0 Å². The van der Waals surface area contributed by atoms with Crippen molar-refractivity contribution in [2.45, 2.75) is 91.9 Å². The van der Waals surface area contributed by atoms with Gasteiger partial charge < -0.3 is 19.8 Å². The van der Waals surface area contributed by atoms with Crippen molar-refractivity contribution in [2.24, 2.45) is 0 Å². The van der Waals surface area contributed by atoms with Crippen LogP contribution in [0.25, 0.3) is 0 Å². The van der Waals surface area contributed by atoms with E-state index in [2.05, 4.69) is 13.8 Å². The fourth-order valence-electron chi connectivity index (χ4n) is 1.58. The number of carbonyl (C=O) groups excluding carboxylic acids is 4. The van der Waals surface area contributed by atoms with Gasteiger partial charge in [0.15, 0.2) is 0 Å². The van der Waals surface area contributed by atoms with E-state index in [-0.39, 0.29) is 11.6 Å². The Kier molecular flexibility index (Phi) is 30.2. The summed E-state index contributed by atoms with van der Waals surface area (Å²) in [6, 6.07) is 0. The van der Waals surface area contributed by atoms with E-state index in [0.717, 1.165) is 51.7 Å². The number of Topliss-reactive ketones (excluding diaryl/α,β-unsaturated/α-hetero) is 2. The van der Waals surface area contributed by atoms with Gasteiger partial charge >= 0.3 is 66.5 Å². The number of carboxylic acid groups (broad SMARTS) is 2. The SMILES string of the molecule is CCCCC(=O)CC(=O)[O-].CCCCC(=O)CC(=O)[O-].CCC[O][Ti+2][O]CCC. The summed E-state index contributed by atoms with van der Waals surface area (Å²) in [5.74, 6) is -3.02. The molecule has 0 radical (unpaired) electrons. The maximum absolute atomic E-state index is 10.6. The van der Waals surface area contributed by atoms with E-state index in [1.54, 1.807) is 0 Å². The summed E-state index contributed by atoms with van der Waals surface area (Å²) >= 11 is -0.504. The molecule has 0 aromatic heterocycles. The summed E-state index contributed by atoms with van der Waals surface area (Å²) in [6.07, 6.45) is 5.43. The summed E-state index contributed by atoms with van der Waals surface area (Å²) in [6.45, 7) is 9.84. The molecule has 0 rings (SSSR count). The predicted octanol–water partition coefficient (Wildman–Crippen LogP) is 1.52. The Morgan fingerprint density at radius 1 is 0.655 bits per heavy atom. The molecule has 0 heterocycles. The van der Waals surface area contributed by atoms with Crippen molar-refractivity contribution in [2.75, 3.05) is 13.2 Å². The molecule has 0 fully saturated rings. The average molecular weight is 452 g/mol. The van der Waals surface area contributed by atoms with Gasteiger partial charge in [0.25, 0.3) is 0 Å². The van der Waals surface area contributed by atoms with Crippen molar-refractivity contribution in [3.63, 3.8) is 0 Å². The summed E-state index contributed by atoms with van der Waals surface area (Å²) < 4.78 is 10.4. The van der Waals surface area contributed by atoms with Crippen molar-refractivity contribution in [1.82, 2.24) is 0 Å². The van der Waals surface area contributed by atoms with E-state index in [4.69, 9.17) is 6.64 Å². The van der Waals surface area contributed by atoms with Gasteiger partial charge in [-0.25, -0.2) is 0 Å². The van der Waals surface area contributed by atoms with Gasteiger partial charge in [-0.05, 0) is 12.8 Å². The molecule has 0 atom stereocenters. The molecule has 0 aromatic carbocycles. The standard InChI is InChI=1S/2C7H12O3.2C3H7O.Ti/c2*1-2-3-4-6(8)5-7(9)10;2*1-2-3-4;/h2*2-5H2,1H3,(H,9,10);2*2-3H2,1H3;/q;;2*-1;+4/p-2. The Balaban J connectivity index is -0.000000350. The van der Waals surface area contributed by atoms with Gasteiger partial charge in [0.05, 0.1) is 0 Å². The molecule has 0 saturated heterocycles. The molecule has 8 nitrogen and oxygen atoms in total. The van der Waals surface area contributed by atoms with Crippen LogP contribution in [0, 0.1) is 0 Å². The topological polar surface area (TPSA) is 133 Å². The molecule has 9 heteroatoms. The van der Waals surface area contributed by atoms with Crippen LogP contribution in [0.5, 0.6) is 0 Å². The zero-order valence-electron chi connectivity index (χ0n) is 18.3. The van der Waals surface area contributed by atoms with Gasteiger partial charge in [-0.3, -0.25) is 9.59 Å². The minimum absolute atomic E-state index is 0.234. The number of carbonyl (C=O) groups is 4. The Labute approximate surface area is 184 Å². The van der Waals surface area contributed by atoms with Crippen LogP contribution in [-0.4, -0.2) is 36.7 Å². The minimum atomic E-state index is -1.28. The third-order valence-electron chi connectivity index (χ3n) is 3.03. The molecule has 0 aliphatic rings.